The molecule has 0 aliphatic rings. The normalized spacial score (nSPS) is 11.8. The number of hydrogen-bond donors (Lipinski definition) is 1. The fraction of sp³-hybridized carbons (Fsp3) is 0.364. The maximum Gasteiger partial charge on any atom is 0.304 e. The molecule has 0 saturated carbocycles. The van der Waals surface area contributed by atoms with Gasteiger partial charge in [-0.15, -0.1) is 0 Å². The Bertz CT molecular complexity index is 621. The average molecular weight is 328 g/mol. The molecular formula is C11H12ClF2NO4S. The molecule has 0 bridgehead atoms. The second-order valence-corrected chi connectivity index (χ2v) is 6.15. The number of nitrogens with zero attached hydrogens (tertiary/aromatic N) is 1. The predicted molar refractivity (Wildman–Crippen MR) is 68.1 cm³/mol. The smallest absolute Gasteiger partial charge is 0.304 e. The highest BCUT2D eigenvalue weighted by atomic mass is 35.5. The Morgan fingerprint density at radius 3 is 2.45 bits per heavy atom. The van der Waals surface area contributed by atoms with Crippen LogP contribution in [0.2, 0.25) is 5.02 Å². The maximum atomic E-state index is 13.6. The zero-order valence-corrected chi connectivity index (χ0v) is 12.0. The van der Waals surface area contributed by atoms with E-state index in [1.807, 2.05) is 0 Å². The van der Waals surface area contributed by atoms with Gasteiger partial charge in [0.25, 0.3) is 0 Å². The molecule has 0 amide bonds. The van der Waals surface area contributed by atoms with Crippen LogP contribution in [0.5, 0.6) is 0 Å². The van der Waals surface area contributed by atoms with E-state index in [9.17, 15) is 22.0 Å². The summed E-state index contributed by atoms with van der Waals surface area (Å²) in [5.41, 5.74) is 0. The van der Waals surface area contributed by atoms with E-state index >= 15 is 0 Å². The molecule has 1 aromatic carbocycles. The first-order valence-corrected chi connectivity index (χ1v) is 7.38. The van der Waals surface area contributed by atoms with E-state index in [-0.39, 0.29) is 13.1 Å². The van der Waals surface area contributed by atoms with Crippen LogP contribution in [0.25, 0.3) is 0 Å². The summed E-state index contributed by atoms with van der Waals surface area (Å²) in [6.45, 7) is 1.11. The van der Waals surface area contributed by atoms with Crippen LogP contribution >= 0.6 is 11.6 Å². The summed E-state index contributed by atoms with van der Waals surface area (Å²) in [7, 11) is -4.27. The number of sulfonamides is 1. The van der Waals surface area contributed by atoms with Crippen LogP contribution in [0.1, 0.15) is 13.3 Å². The molecule has 0 fully saturated rings. The third-order valence-electron chi connectivity index (χ3n) is 2.52. The zero-order valence-electron chi connectivity index (χ0n) is 10.4. The summed E-state index contributed by atoms with van der Waals surface area (Å²) in [6, 6.07) is 1.05. The van der Waals surface area contributed by atoms with Crippen LogP contribution in [0.15, 0.2) is 17.0 Å². The van der Waals surface area contributed by atoms with Crippen molar-refractivity contribution in [1.82, 2.24) is 4.31 Å². The Morgan fingerprint density at radius 1 is 1.35 bits per heavy atom. The van der Waals surface area contributed by atoms with Gasteiger partial charge in [0.2, 0.25) is 10.0 Å². The van der Waals surface area contributed by atoms with Gasteiger partial charge in [-0.1, -0.05) is 18.5 Å². The number of carbonyl (C=O) groups is 1. The Hall–Kier alpha value is -1.25. The summed E-state index contributed by atoms with van der Waals surface area (Å²) in [5.74, 6) is -3.53. The highest BCUT2D eigenvalue weighted by Crippen LogP contribution is 2.25. The maximum absolute atomic E-state index is 13.6. The van der Waals surface area contributed by atoms with Gasteiger partial charge >= 0.3 is 5.97 Å². The first-order valence-electron chi connectivity index (χ1n) is 5.56. The van der Waals surface area contributed by atoms with Crippen LogP contribution in [0.3, 0.4) is 0 Å². The quantitative estimate of drug-likeness (QED) is 0.812. The Labute approximate surface area is 119 Å². The highest BCUT2D eigenvalue weighted by molar-refractivity contribution is 7.89. The fourth-order valence-electron chi connectivity index (χ4n) is 1.51. The molecule has 0 unspecified atom stereocenters. The van der Waals surface area contributed by atoms with E-state index in [1.165, 1.54) is 6.92 Å². The number of rotatable bonds is 6. The van der Waals surface area contributed by atoms with Gasteiger partial charge in [0.05, 0.1) is 11.4 Å². The molecule has 0 saturated heterocycles. The van der Waals surface area contributed by atoms with Crippen LogP contribution in [0.4, 0.5) is 8.78 Å². The SMILES string of the molecule is CCN(CCC(=O)O)S(=O)(=O)c1cc(Cl)c(F)cc1F. The van der Waals surface area contributed by atoms with Crippen molar-refractivity contribution in [1.29, 1.82) is 0 Å². The summed E-state index contributed by atoms with van der Waals surface area (Å²) in [5, 5.41) is 8.03. The minimum Gasteiger partial charge on any atom is -0.481 e. The molecule has 9 heteroatoms. The molecule has 20 heavy (non-hydrogen) atoms. The van der Waals surface area contributed by atoms with Gasteiger partial charge in [0.1, 0.15) is 16.5 Å². The third-order valence-corrected chi connectivity index (χ3v) is 4.80. The Kier molecular flexibility index (Phi) is 5.43. The molecule has 0 spiro atoms. The van der Waals surface area contributed by atoms with Crippen molar-refractivity contribution < 1.29 is 27.1 Å². The lowest BCUT2D eigenvalue weighted by Crippen LogP contribution is -2.33. The number of aliphatic carboxylic acids is 1. The van der Waals surface area contributed by atoms with E-state index < -0.39 is 44.0 Å². The third kappa shape index (κ3) is 3.65. The van der Waals surface area contributed by atoms with Gasteiger partial charge in [0, 0.05) is 19.2 Å². The van der Waals surface area contributed by atoms with E-state index in [1.54, 1.807) is 0 Å². The van der Waals surface area contributed by atoms with Crippen molar-refractivity contribution in [3.8, 4) is 0 Å². The molecule has 0 atom stereocenters. The molecular weight excluding hydrogens is 316 g/mol. The van der Waals surface area contributed by atoms with E-state index in [0.29, 0.717) is 12.1 Å². The Balaban J connectivity index is 3.20. The van der Waals surface area contributed by atoms with Gasteiger partial charge in [0.15, 0.2) is 0 Å². The average Bonchev–Trinajstić information content (AvgIpc) is 2.33. The van der Waals surface area contributed by atoms with Crippen molar-refractivity contribution in [3.63, 3.8) is 0 Å². The zero-order chi connectivity index (χ0) is 15.5. The molecule has 1 rings (SSSR count). The molecule has 112 valence electrons. The van der Waals surface area contributed by atoms with Crippen molar-refractivity contribution >= 4 is 27.6 Å². The van der Waals surface area contributed by atoms with Crippen LogP contribution in [-0.4, -0.2) is 36.9 Å². The van der Waals surface area contributed by atoms with Crippen LogP contribution in [0, 0.1) is 11.6 Å². The summed E-state index contributed by atoms with van der Waals surface area (Å²) in [4.78, 5) is 9.70. The van der Waals surface area contributed by atoms with Crippen molar-refractivity contribution in [2.75, 3.05) is 13.1 Å². The molecule has 1 aromatic rings. The second kappa shape index (κ2) is 6.47. The predicted octanol–water partition coefficient (Wildman–Crippen LogP) is 2.10. The molecule has 0 aromatic heterocycles. The van der Waals surface area contributed by atoms with Gasteiger partial charge in [-0.25, -0.2) is 17.2 Å². The number of carboxylic acids is 1. The van der Waals surface area contributed by atoms with E-state index in [0.717, 1.165) is 4.31 Å². The topological polar surface area (TPSA) is 74.7 Å². The van der Waals surface area contributed by atoms with Gasteiger partial charge in [-0.3, -0.25) is 4.79 Å². The monoisotopic (exact) mass is 327 g/mol. The summed E-state index contributed by atoms with van der Waals surface area (Å²) in [6.07, 6.45) is -0.427. The van der Waals surface area contributed by atoms with Gasteiger partial charge < -0.3 is 5.11 Å². The lowest BCUT2D eigenvalue weighted by Gasteiger charge is -2.20. The van der Waals surface area contributed by atoms with Gasteiger partial charge in [-0.2, -0.15) is 4.31 Å². The second-order valence-electron chi connectivity index (χ2n) is 3.84. The van der Waals surface area contributed by atoms with Crippen LogP contribution in [-0.2, 0) is 14.8 Å². The first-order chi connectivity index (χ1) is 9.20. The van der Waals surface area contributed by atoms with E-state index in [4.69, 9.17) is 16.7 Å². The minimum absolute atomic E-state index is 0.0515. The van der Waals surface area contributed by atoms with Gasteiger partial charge in [-0.05, 0) is 6.07 Å². The van der Waals surface area contributed by atoms with Crippen molar-refractivity contribution in [2.24, 2.45) is 0 Å². The molecule has 0 heterocycles. The number of carboxylic acid groups (broad SMARTS) is 1. The first kappa shape index (κ1) is 16.8. The molecule has 0 radical (unpaired) electrons. The summed E-state index contributed by atoms with van der Waals surface area (Å²) >= 11 is 5.45. The molecule has 0 aliphatic carbocycles. The lowest BCUT2D eigenvalue weighted by atomic mass is 10.3. The molecule has 0 aliphatic heterocycles. The van der Waals surface area contributed by atoms with Crippen LogP contribution < -0.4 is 0 Å². The Morgan fingerprint density at radius 2 is 1.95 bits per heavy atom. The lowest BCUT2D eigenvalue weighted by molar-refractivity contribution is -0.137. The fourth-order valence-corrected chi connectivity index (χ4v) is 3.26. The standard InChI is InChI=1S/C11H12ClF2NO4S/c1-2-15(4-3-11(16)17)20(18,19)10-5-7(12)8(13)6-9(10)14/h5-6H,2-4H2,1H3,(H,16,17). The van der Waals surface area contributed by atoms with Crippen molar-refractivity contribution in [2.45, 2.75) is 18.2 Å². The summed E-state index contributed by atoms with van der Waals surface area (Å²) < 4.78 is 51.8. The number of hydrogen-bond acceptors (Lipinski definition) is 3. The number of benzene rings is 1. The van der Waals surface area contributed by atoms with Crippen molar-refractivity contribution in [3.05, 3.63) is 28.8 Å². The van der Waals surface area contributed by atoms with E-state index in [2.05, 4.69) is 0 Å². The highest BCUT2D eigenvalue weighted by Gasteiger charge is 2.28. The molecule has 1 N–H and O–H groups in total. The molecule has 5 nitrogen and oxygen atoms in total. The minimum atomic E-state index is -4.27. The largest absolute Gasteiger partial charge is 0.481 e. The number of halogens is 3.